The van der Waals surface area contributed by atoms with E-state index in [1.165, 1.54) is 11.1 Å². The predicted molar refractivity (Wildman–Crippen MR) is 80.0 cm³/mol. The molecule has 0 amide bonds. The zero-order valence-electron chi connectivity index (χ0n) is 11.9. The molecule has 0 spiro atoms. The Balaban J connectivity index is 2.26. The third-order valence-corrected chi connectivity index (χ3v) is 3.49. The molecule has 0 aromatic carbocycles. The lowest BCUT2D eigenvalue weighted by atomic mass is 9.86. The maximum atomic E-state index is 4.62. The Morgan fingerprint density at radius 3 is 2.61 bits per heavy atom. The van der Waals surface area contributed by atoms with Gasteiger partial charge in [-0.25, -0.2) is 0 Å². The van der Waals surface area contributed by atoms with Crippen LogP contribution in [0.15, 0.2) is 52.6 Å². The Morgan fingerprint density at radius 2 is 1.83 bits per heavy atom. The minimum absolute atomic E-state index is 0.0907. The van der Waals surface area contributed by atoms with Crippen molar-refractivity contribution in [1.29, 1.82) is 0 Å². The molecule has 0 aromatic rings. The molecule has 2 aliphatic rings. The molecule has 1 heteroatoms. The molecule has 0 radical (unpaired) electrons. The number of nitrogens with zero attached hydrogens (tertiary/aromatic N) is 1. The summed E-state index contributed by atoms with van der Waals surface area (Å²) in [5.41, 5.74) is 2.79. The van der Waals surface area contributed by atoms with Gasteiger partial charge in [0.2, 0.25) is 0 Å². The first-order chi connectivity index (χ1) is 8.38. The molecule has 0 aromatic heterocycles. The highest BCUT2D eigenvalue weighted by atomic mass is 14.8. The van der Waals surface area contributed by atoms with Crippen molar-refractivity contribution in [2.24, 2.45) is 10.4 Å². The van der Waals surface area contributed by atoms with E-state index in [4.69, 9.17) is 0 Å². The third kappa shape index (κ3) is 3.32. The summed E-state index contributed by atoms with van der Waals surface area (Å²) >= 11 is 0. The zero-order valence-corrected chi connectivity index (χ0v) is 11.9. The summed E-state index contributed by atoms with van der Waals surface area (Å²) < 4.78 is 0. The monoisotopic (exact) mass is 241 g/mol. The first-order valence-electron chi connectivity index (χ1n) is 6.70. The topological polar surface area (TPSA) is 12.4 Å². The van der Waals surface area contributed by atoms with Crippen molar-refractivity contribution < 1.29 is 0 Å². The average Bonchev–Trinajstić information content (AvgIpc) is 2.54. The quantitative estimate of drug-likeness (QED) is 0.634. The number of hydrogen-bond donors (Lipinski definition) is 0. The van der Waals surface area contributed by atoms with Gasteiger partial charge in [0.05, 0.1) is 5.54 Å². The van der Waals surface area contributed by atoms with Gasteiger partial charge in [-0.3, -0.25) is 4.99 Å². The van der Waals surface area contributed by atoms with Gasteiger partial charge in [-0.2, -0.15) is 0 Å². The molecule has 0 saturated heterocycles. The molecule has 96 valence electrons. The first-order valence-corrected chi connectivity index (χ1v) is 6.70. The van der Waals surface area contributed by atoms with E-state index >= 15 is 0 Å². The van der Waals surface area contributed by atoms with Crippen LogP contribution in [0.5, 0.6) is 0 Å². The van der Waals surface area contributed by atoms with Gasteiger partial charge in [0.25, 0.3) is 0 Å². The van der Waals surface area contributed by atoms with Crippen molar-refractivity contribution in [3.8, 4) is 0 Å². The standard InChI is InChI=1S/C17H23N/c1-16(2)10-5-7-14(9-12-16)15-8-6-11-17(3,4)18-13-15/h5-9,11,13H,10,12H2,1-4H3. The summed E-state index contributed by atoms with van der Waals surface area (Å²) in [6.45, 7) is 8.87. The molecule has 0 saturated carbocycles. The van der Waals surface area contributed by atoms with Crippen LogP contribution in [0.25, 0.3) is 0 Å². The summed E-state index contributed by atoms with van der Waals surface area (Å²) in [6.07, 6.45) is 17.5. The van der Waals surface area contributed by atoms with Crippen LogP contribution < -0.4 is 0 Å². The lowest BCUT2D eigenvalue weighted by Crippen LogP contribution is -2.11. The number of allylic oxidation sites excluding steroid dienone is 7. The molecule has 0 bridgehead atoms. The average molecular weight is 241 g/mol. The lowest BCUT2D eigenvalue weighted by molar-refractivity contribution is 0.378. The maximum Gasteiger partial charge on any atom is 0.0734 e. The molecule has 1 nitrogen and oxygen atoms in total. The largest absolute Gasteiger partial charge is 0.282 e. The van der Waals surface area contributed by atoms with Gasteiger partial charge < -0.3 is 0 Å². The van der Waals surface area contributed by atoms with Crippen molar-refractivity contribution in [2.75, 3.05) is 0 Å². The molecule has 1 heterocycles. The fraction of sp³-hybridized carbons (Fsp3) is 0.471. The molecule has 0 unspecified atom stereocenters. The van der Waals surface area contributed by atoms with E-state index in [1.54, 1.807) is 0 Å². The minimum Gasteiger partial charge on any atom is -0.282 e. The molecule has 0 fully saturated rings. The van der Waals surface area contributed by atoms with Gasteiger partial charge >= 0.3 is 0 Å². The summed E-state index contributed by atoms with van der Waals surface area (Å²) in [5.74, 6) is 0. The molecular formula is C17H23N. The van der Waals surface area contributed by atoms with E-state index in [9.17, 15) is 0 Å². The minimum atomic E-state index is -0.0907. The van der Waals surface area contributed by atoms with Crippen LogP contribution in [0, 0.1) is 5.41 Å². The highest BCUT2D eigenvalue weighted by Crippen LogP contribution is 2.31. The van der Waals surface area contributed by atoms with E-state index in [-0.39, 0.29) is 5.54 Å². The number of rotatable bonds is 1. The van der Waals surface area contributed by atoms with Crippen LogP contribution in [0.2, 0.25) is 0 Å². The first kappa shape index (κ1) is 13.1. The van der Waals surface area contributed by atoms with Crippen LogP contribution in [0.4, 0.5) is 0 Å². The summed E-state index contributed by atoms with van der Waals surface area (Å²) in [7, 11) is 0. The second-order valence-corrected chi connectivity index (χ2v) is 6.53. The fourth-order valence-corrected chi connectivity index (χ4v) is 2.14. The van der Waals surface area contributed by atoms with Gasteiger partial charge in [-0.1, -0.05) is 50.3 Å². The Morgan fingerprint density at radius 1 is 1.06 bits per heavy atom. The van der Waals surface area contributed by atoms with Crippen molar-refractivity contribution >= 4 is 6.21 Å². The van der Waals surface area contributed by atoms with Crippen LogP contribution >= 0.6 is 0 Å². The Bertz CT molecular complexity index is 468. The Hall–Kier alpha value is -1.37. The lowest BCUT2D eigenvalue weighted by Gasteiger charge is -2.19. The van der Waals surface area contributed by atoms with E-state index in [0.717, 1.165) is 12.8 Å². The third-order valence-electron chi connectivity index (χ3n) is 3.49. The van der Waals surface area contributed by atoms with E-state index < -0.39 is 0 Å². The molecule has 0 atom stereocenters. The van der Waals surface area contributed by atoms with Crippen molar-refractivity contribution in [3.05, 3.63) is 47.6 Å². The van der Waals surface area contributed by atoms with Gasteiger partial charge in [0.15, 0.2) is 0 Å². The van der Waals surface area contributed by atoms with E-state index in [0.29, 0.717) is 5.41 Å². The molecule has 18 heavy (non-hydrogen) atoms. The molecule has 2 rings (SSSR count). The van der Waals surface area contributed by atoms with Crippen LogP contribution in [-0.4, -0.2) is 11.8 Å². The predicted octanol–water partition coefficient (Wildman–Crippen LogP) is 4.63. The molecule has 0 N–H and O–H groups in total. The fourth-order valence-electron chi connectivity index (χ4n) is 2.14. The van der Waals surface area contributed by atoms with Crippen LogP contribution in [0.3, 0.4) is 0 Å². The van der Waals surface area contributed by atoms with Crippen molar-refractivity contribution in [2.45, 2.75) is 46.1 Å². The number of aliphatic imine (C=N–C) groups is 1. The zero-order chi connectivity index (χ0) is 13.2. The summed E-state index contributed by atoms with van der Waals surface area (Å²) in [5, 5.41) is 0. The smallest absolute Gasteiger partial charge is 0.0734 e. The highest BCUT2D eigenvalue weighted by Gasteiger charge is 2.18. The van der Waals surface area contributed by atoms with Gasteiger partial charge in [-0.05, 0) is 43.3 Å². The second-order valence-electron chi connectivity index (χ2n) is 6.53. The Labute approximate surface area is 111 Å². The summed E-state index contributed by atoms with van der Waals surface area (Å²) in [4.78, 5) is 4.62. The molecule has 1 aliphatic heterocycles. The van der Waals surface area contributed by atoms with Crippen LogP contribution in [0.1, 0.15) is 40.5 Å². The molecule has 1 aliphatic carbocycles. The van der Waals surface area contributed by atoms with Gasteiger partial charge in [-0.15, -0.1) is 0 Å². The molecular weight excluding hydrogens is 218 g/mol. The summed E-state index contributed by atoms with van der Waals surface area (Å²) in [6, 6.07) is 0. The maximum absolute atomic E-state index is 4.62. The van der Waals surface area contributed by atoms with Crippen molar-refractivity contribution in [1.82, 2.24) is 0 Å². The normalized spacial score (nSPS) is 25.1. The highest BCUT2D eigenvalue weighted by molar-refractivity contribution is 5.87. The van der Waals surface area contributed by atoms with E-state index in [1.807, 2.05) is 6.21 Å². The van der Waals surface area contributed by atoms with E-state index in [2.05, 4.69) is 69.1 Å². The second kappa shape index (κ2) is 4.72. The van der Waals surface area contributed by atoms with Gasteiger partial charge in [0.1, 0.15) is 0 Å². The number of hydrogen-bond acceptors (Lipinski definition) is 1. The SMILES string of the molecule is CC1(C)CC=CC(C2=CC=CC(C)(C)N=C2)=CC1. The Kier molecular flexibility index (Phi) is 3.43. The van der Waals surface area contributed by atoms with Crippen LogP contribution in [-0.2, 0) is 0 Å². The van der Waals surface area contributed by atoms with Gasteiger partial charge in [0, 0.05) is 6.21 Å². The van der Waals surface area contributed by atoms with Crippen molar-refractivity contribution in [3.63, 3.8) is 0 Å².